The highest BCUT2D eigenvalue weighted by Gasteiger charge is 2.06. The van der Waals surface area contributed by atoms with Crippen molar-refractivity contribution in [2.24, 2.45) is 0 Å². The van der Waals surface area contributed by atoms with E-state index >= 15 is 0 Å². The van der Waals surface area contributed by atoms with Crippen LogP contribution in [0.1, 0.15) is 20.3 Å². The van der Waals surface area contributed by atoms with E-state index in [2.05, 4.69) is 28.9 Å². The van der Waals surface area contributed by atoms with Crippen molar-refractivity contribution in [1.82, 2.24) is 15.1 Å². The first-order valence-electron chi connectivity index (χ1n) is 7.08. The topological polar surface area (TPSA) is 58.2 Å². The molecule has 0 bridgehead atoms. The van der Waals surface area contributed by atoms with Gasteiger partial charge in [0.1, 0.15) is 0 Å². The zero-order valence-corrected chi connectivity index (χ0v) is 12.1. The molecule has 0 spiro atoms. The molecule has 0 amide bonds. The lowest BCUT2D eigenvalue weighted by Gasteiger charge is -2.17. The smallest absolute Gasteiger partial charge is 0.272 e. The number of nitrogens with one attached hydrogen (secondary N) is 1. The molecule has 0 aliphatic carbocycles. The lowest BCUT2D eigenvalue weighted by atomic mass is 10.2. The number of H-pyrrole nitrogens is 1. The van der Waals surface area contributed by atoms with E-state index in [1.165, 1.54) is 0 Å². The number of aromatic nitrogens is 2. The molecular weight excluding hydrogens is 254 g/mol. The fourth-order valence-corrected chi connectivity index (χ4v) is 2.20. The van der Waals surface area contributed by atoms with E-state index in [0.29, 0.717) is 17.9 Å². The number of fused-ring (bicyclic) bond motifs is 1. The molecule has 0 unspecified atom stereocenters. The Hall–Kier alpha value is -1.88. The number of benzene rings is 1. The lowest BCUT2D eigenvalue weighted by molar-refractivity contribution is 0.244. The van der Waals surface area contributed by atoms with Gasteiger partial charge in [0.05, 0.1) is 17.4 Å². The maximum Gasteiger partial charge on any atom is 0.272 e. The van der Waals surface area contributed by atoms with Gasteiger partial charge in [-0.1, -0.05) is 26.0 Å². The Bertz CT molecular complexity index is 605. The Morgan fingerprint density at radius 3 is 2.60 bits per heavy atom. The van der Waals surface area contributed by atoms with Crippen LogP contribution in [0.2, 0.25) is 0 Å². The summed E-state index contributed by atoms with van der Waals surface area (Å²) in [6.07, 6.45) is 0.941. The Morgan fingerprint density at radius 2 is 1.90 bits per heavy atom. The highest BCUT2D eigenvalue weighted by atomic mass is 16.5. The molecule has 1 heterocycles. The normalized spacial score (nSPS) is 11.2. The molecule has 0 fully saturated rings. The molecule has 20 heavy (non-hydrogen) atoms. The van der Waals surface area contributed by atoms with Crippen molar-refractivity contribution in [2.45, 2.75) is 20.3 Å². The van der Waals surface area contributed by atoms with Crippen LogP contribution in [-0.2, 0) is 0 Å². The summed E-state index contributed by atoms with van der Waals surface area (Å²) in [6, 6.07) is 7.35. The predicted octanol–water partition coefficient (Wildman–Crippen LogP) is 2.03. The predicted molar refractivity (Wildman–Crippen MR) is 80.3 cm³/mol. The largest absolute Gasteiger partial charge is 0.476 e. The molecule has 108 valence electrons. The van der Waals surface area contributed by atoms with Crippen LogP contribution in [0.4, 0.5) is 0 Å². The zero-order chi connectivity index (χ0) is 14.4. The minimum atomic E-state index is -0.184. The summed E-state index contributed by atoms with van der Waals surface area (Å²) < 4.78 is 5.71. The molecule has 5 nitrogen and oxygen atoms in total. The summed E-state index contributed by atoms with van der Waals surface area (Å²) in [6.45, 7) is 8.02. The Morgan fingerprint density at radius 1 is 1.20 bits per heavy atom. The van der Waals surface area contributed by atoms with Crippen LogP contribution in [0, 0.1) is 0 Å². The maximum atomic E-state index is 11.6. The Labute approximate surface area is 118 Å². The van der Waals surface area contributed by atoms with Gasteiger partial charge in [-0.15, -0.1) is 5.10 Å². The van der Waals surface area contributed by atoms with E-state index in [1.807, 2.05) is 18.2 Å². The summed E-state index contributed by atoms with van der Waals surface area (Å²) in [5, 5.41) is 7.84. The highest BCUT2D eigenvalue weighted by Crippen LogP contribution is 2.18. The van der Waals surface area contributed by atoms with Gasteiger partial charge in [-0.05, 0) is 31.6 Å². The molecule has 5 heteroatoms. The van der Waals surface area contributed by atoms with Crippen LogP contribution in [0.3, 0.4) is 0 Å². The first kappa shape index (κ1) is 14.5. The van der Waals surface area contributed by atoms with Crippen LogP contribution >= 0.6 is 0 Å². The molecule has 1 aromatic carbocycles. The monoisotopic (exact) mass is 275 g/mol. The van der Waals surface area contributed by atoms with Gasteiger partial charge >= 0.3 is 0 Å². The fraction of sp³-hybridized carbons (Fsp3) is 0.467. The lowest BCUT2D eigenvalue weighted by Crippen LogP contribution is -2.25. The van der Waals surface area contributed by atoms with Gasteiger partial charge in [-0.25, -0.2) is 5.10 Å². The number of aromatic amines is 1. The van der Waals surface area contributed by atoms with Crippen LogP contribution in [0.5, 0.6) is 5.88 Å². The zero-order valence-electron chi connectivity index (χ0n) is 12.1. The van der Waals surface area contributed by atoms with Gasteiger partial charge in [-0.3, -0.25) is 4.79 Å². The minimum Gasteiger partial charge on any atom is -0.476 e. The van der Waals surface area contributed by atoms with E-state index in [4.69, 9.17) is 4.74 Å². The van der Waals surface area contributed by atoms with E-state index in [9.17, 15) is 4.79 Å². The molecule has 1 N–H and O–H groups in total. The molecule has 0 saturated carbocycles. The summed E-state index contributed by atoms with van der Waals surface area (Å²) in [7, 11) is 0. The van der Waals surface area contributed by atoms with Crippen molar-refractivity contribution in [3.63, 3.8) is 0 Å². The molecule has 2 aromatic rings. The fourth-order valence-electron chi connectivity index (χ4n) is 2.20. The Balaban J connectivity index is 2.00. The van der Waals surface area contributed by atoms with Crippen molar-refractivity contribution in [1.29, 1.82) is 0 Å². The number of rotatable bonds is 7. The highest BCUT2D eigenvalue weighted by molar-refractivity contribution is 5.85. The van der Waals surface area contributed by atoms with E-state index in [0.717, 1.165) is 31.4 Å². The Kier molecular flexibility index (Phi) is 5.12. The minimum absolute atomic E-state index is 0.184. The summed E-state index contributed by atoms with van der Waals surface area (Å²) >= 11 is 0. The second-order valence-electron chi connectivity index (χ2n) is 4.63. The number of nitrogens with zero attached hydrogens (tertiary/aromatic N) is 2. The SMILES string of the molecule is CCN(CC)CCCOc1n[nH]c(=O)c2ccccc12. The third-order valence-electron chi connectivity index (χ3n) is 3.41. The van der Waals surface area contributed by atoms with Crippen LogP contribution < -0.4 is 10.3 Å². The van der Waals surface area contributed by atoms with Crippen molar-refractivity contribution in [2.75, 3.05) is 26.2 Å². The maximum absolute atomic E-state index is 11.6. The van der Waals surface area contributed by atoms with Gasteiger partial charge in [0.25, 0.3) is 5.56 Å². The van der Waals surface area contributed by atoms with Gasteiger partial charge in [-0.2, -0.15) is 0 Å². The van der Waals surface area contributed by atoms with E-state index < -0.39 is 0 Å². The standard InChI is InChI=1S/C15H21N3O2/c1-3-18(4-2)10-7-11-20-15-13-9-6-5-8-12(13)14(19)16-17-15/h5-6,8-9H,3-4,7,10-11H2,1-2H3,(H,16,19). The molecule has 0 atom stereocenters. The third kappa shape index (κ3) is 3.36. The molecule has 0 saturated heterocycles. The van der Waals surface area contributed by atoms with Crippen molar-refractivity contribution in [3.8, 4) is 5.88 Å². The number of hydrogen-bond donors (Lipinski definition) is 1. The van der Waals surface area contributed by atoms with Crippen LogP contribution in [0.25, 0.3) is 10.8 Å². The van der Waals surface area contributed by atoms with Crippen molar-refractivity contribution >= 4 is 10.8 Å². The average molecular weight is 275 g/mol. The number of ether oxygens (including phenoxy) is 1. The number of hydrogen-bond acceptors (Lipinski definition) is 4. The average Bonchev–Trinajstić information content (AvgIpc) is 2.50. The summed E-state index contributed by atoms with van der Waals surface area (Å²) in [5.74, 6) is 0.500. The molecule has 0 aliphatic rings. The van der Waals surface area contributed by atoms with E-state index in [1.54, 1.807) is 6.07 Å². The van der Waals surface area contributed by atoms with Crippen molar-refractivity contribution < 1.29 is 4.74 Å². The first-order chi connectivity index (χ1) is 9.76. The van der Waals surface area contributed by atoms with Crippen LogP contribution in [0.15, 0.2) is 29.1 Å². The molecule has 0 radical (unpaired) electrons. The quantitative estimate of drug-likeness (QED) is 0.786. The van der Waals surface area contributed by atoms with Gasteiger partial charge in [0.15, 0.2) is 0 Å². The molecule has 2 rings (SSSR count). The van der Waals surface area contributed by atoms with E-state index in [-0.39, 0.29) is 5.56 Å². The second kappa shape index (κ2) is 7.05. The molecular formula is C15H21N3O2. The van der Waals surface area contributed by atoms with Gasteiger partial charge < -0.3 is 9.64 Å². The summed E-state index contributed by atoms with van der Waals surface area (Å²) in [5.41, 5.74) is -0.184. The second-order valence-corrected chi connectivity index (χ2v) is 4.63. The first-order valence-corrected chi connectivity index (χ1v) is 7.08. The van der Waals surface area contributed by atoms with Gasteiger partial charge in [0.2, 0.25) is 5.88 Å². The molecule has 0 aliphatic heterocycles. The summed E-state index contributed by atoms with van der Waals surface area (Å²) in [4.78, 5) is 14.0. The van der Waals surface area contributed by atoms with Crippen molar-refractivity contribution in [3.05, 3.63) is 34.6 Å². The molecule has 1 aromatic heterocycles. The van der Waals surface area contributed by atoms with Gasteiger partial charge in [0, 0.05) is 6.54 Å². The van der Waals surface area contributed by atoms with Crippen LogP contribution in [-0.4, -0.2) is 41.3 Å². The third-order valence-corrected chi connectivity index (χ3v) is 3.41.